The van der Waals surface area contributed by atoms with Gasteiger partial charge in [-0.1, -0.05) is 83.6 Å². The number of ether oxygens (including phenoxy) is 3. The number of esters is 2. The maximum Gasteiger partial charge on any atom is 0.325 e. The zero-order chi connectivity index (χ0) is 51.2. The molecule has 21 nitrogen and oxygen atoms in total. The molecule has 0 radical (unpaired) electrons. The maximum absolute atomic E-state index is 14.2. The third-order valence-electron chi connectivity index (χ3n) is 10.9. The Morgan fingerprint density at radius 3 is 2.18 bits per heavy atom. The summed E-state index contributed by atoms with van der Waals surface area (Å²) in [5, 5.41) is 16.9. The summed E-state index contributed by atoms with van der Waals surface area (Å²) in [6, 6.07) is -4.64. The van der Waals surface area contributed by atoms with Gasteiger partial charge in [-0.3, -0.25) is 33.6 Å². The molecular formula is C47H77N9O12. The van der Waals surface area contributed by atoms with Crippen molar-refractivity contribution in [3.05, 3.63) is 48.2 Å². The predicted octanol–water partition coefficient (Wildman–Crippen LogP) is 2.31. The van der Waals surface area contributed by atoms with Crippen molar-refractivity contribution in [3.63, 3.8) is 0 Å². The molecule has 1 heterocycles. The number of hydrogen-bond donors (Lipinski definition) is 9. The highest BCUT2D eigenvalue weighted by Crippen LogP contribution is 2.32. The van der Waals surface area contributed by atoms with E-state index in [0.717, 1.165) is 19.3 Å². The van der Waals surface area contributed by atoms with Gasteiger partial charge in [0.2, 0.25) is 23.6 Å². The number of cyclic esters (lactones) is 2. The van der Waals surface area contributed by atoms with Crippen molar-refractivity contribution in [1.82, 2.24) is 37.2 Å². The van der Waals surface area contributed by atoms with Gasteiger partial charge in [0.25, 0.3) is 5.91 Å². The summed E-state index contributed by atoms with van der Waals surface area (Å²) in [5.41, 5.74) is 8.68. The highest BCUT2D eigenvalue weighted by molar-refractivity contribution is 6.00. The van der Waals surface area contributed by atoms with Crippen LogP contribution >= 0.6 is 0 Å². The minimum absolute atomic E-state index is 0.0270. The van der Waals surface area contributed by atoms with Crippen LogP contribution in [0, 0.1) is 17.3 Å². The minimum Gasteiger partial charge on any atom is -0.462 e. The van der Waals surface area contributed by atoms with Crippen LogP contribution in [0.15, 0.2) is 48.2 Å². The highest BCUT2D eigenvalue weighted by Gasteiger charge is 2.43. The van der Waals surface area contributed by atoms with E-state index in [4.69, 9.17) is 25.7 Å². The Labute approximate surface area is 400 Å². The molecule has 1 fully saturated rings. The van der Waals surface area contributed by atoms with Crippen LogP contribution in [0.4, 0.5) is 9.59 Å². The van der Waals surface area contributed by atoms with Crippen LogP contribution < -0.4 is 48.7 Å². The summed E-state index contributed by atoms with van der Waals surface area (Å²) >= 11 is 0. The van der Waals surface area contributed by atoms with E-state index in [1.165, 1.54) is 13.2 Å². The first-order valence-electron chi connectivity index (χ1n) is 23.3. The van der Waals surface area contributed by atoms with Crippen LogP contribution in [0.2, 0.25) is 0 Å². The van der Waals surface area contributed by atoms with Gasteiger partial charge in [-0.25, -0.2) is 9.59 Å². The summed E-state index contributed by atoms with van der Waals surface area (Å²) in [7, 11) is 1.46. The van der Waals surface area contributed by atoms with Crippen LogP contribution in [0.1, 0.15) is 113 Å². The number of nitrogens with two attached hydrogens (primary N) is 2. The Hall–Kier alpha value is -6.25. The SMILES string of the molecule is CC/C=C1\NC(=O)CC[C@@H]([C@@H](C)CC)OC(=O)C(C)(C)[C@H](C[C@H](/C=C/C=C/C/C=C\CCC(C)C)OC)OC(=O)CNC(=O)[C@H](CNC(N)=O)NC(=O)CNC(=O)C(CCCNC(N)=O)NC1=O. The van der Waals surface area contributed by atoms with Gasteiger partial charge >= 0.3 is 24.0 Å². The molecule has 0 aliphatic carbocycles. The van der Waals surface area contributed by atoms with Gasteiger partial charge in [0.1, 0.15) is 36.5 Å². The van der Waals surface area contributed by atoms with E-state index < -0.39 is 109 Å². The quantitative estimate of drug-likeness (QED) is 0.0296. The third kappa shape index (κ3) is 24.5. The summed E-state index contributed by atoms with van der Waals surface area (Å²) in [4.78, 5) is 118. The van der Waals surface area contributed by atoms with Gasteiger partial charge in [0, 0.05) is 33.0 Å². The molecule has 0 aromatic rings. The first-order chi connectivity index (χ1) is 32.1. The number of carbonyl (C=O) groups excluding carboxylic acids is 9. The molecule has 1 rings (SSSR count). The summed E-state index contributed by atoms with van der Waals surface area (Å²) in [5.74, 6) is -5.43. The van der Waals surface area contributed by atoms with Gasteiger partial charge in [-0.2, -0.15) is 0 Å². The van der Waals surface area contributed by atoms with Crippen molar-refractivity contribution in [2.75, 3.05) is 33.3 Å². The van der Waals surface area contributed by atoms with Crippen LogP contribution in [-0.2, 0) is 47.8 Å². The van der Waals surface area contributed by atoms with Crippen LogP contribution in [0.3, 0.4) is 0 Å². The molecule has 382 valence electrons. The molecule has 1 aliphatic heterocycles. The van der Waals surface area contributed by atoms with E-state index >= 15 is 0 Å². The number of nitrogens with one attached hydrogen (secondary N) is 7. The van der Waals surface area contributed by atoms with Crippen molar-refractivity contribution in [1.29, 1.82) is 0 Å². The topological polar surface area (TPSA) is 318 Å². The van der Waals surface area contributed by atoms with Gasteiger partial charge in [-0.05, 0) is 70.6 Å². The van der Waals surface area contributed by atoms with E-state index in [9.17, 15) is 43.2 Å². The second kappa shape index (κ2) is 32.5. The summed E-state index contributed by atoms with van der Waals surface area (Å²) in [6.07, 6.45) is 14.0. The molecule has 0 aromatic heterocycles. The van der Waals surface area contributed by atoms with Crippen molar-refractivity contribution in [3.8, 4) is 0 Å². The molecule has 1 unspecified atom stereocenters. The number of urea groups is 2. The van der Waals surface area contributed by atoms with Crippen LogP contribution in [0.25, 0.3) is 0 Å². The lowest BCUT2D eigenvalue weighted by Gasteiger charge is -2.35. The number of carbonyl (C=O) groups is 9. The van der Waals surface area contributed by atoms with Crippen LogP contribution in [0.5, 0.6) is 0 Å². The minimum atomic E-state index is -1.53. The van der Waals surface area contributed by atoms with E-state index in [1.54, 1.807) is 32.9 Å². The molecule has 6 atom stereocenters. The monoisotopic (exact) mass is 960 g/mol. The molecule has 0 spiro atoms. The normalized spacial score (nSPS) is 22.6. The Morgan fingerprint density at radius 2 is 1.54 bits per heavy atom. The standard InChI is InChI=1S/C47H77N9O12/c1-9-19-33-43(62)56-34(22-18-25-50-45(48)64)41(60)51-28-39(58)55-35(27-53-46(49)65)42(61)52-29-40(59)68-37(26-32(66-8)21-17-15-13-11-12-14-16-20-30(3)4)47(6,7)44(63)67-36(31(5)10-2)23-24-38(57)54-33/h12-15,17,19,21,30-32,34-37H,9-11,16,18,20,22-29H2,1-8H3,(H,51,60)(H,52,61)(H,54,57)(H,55,58)(H,56,62)(H3,48,50,64)(H3,49,53,65)/b14-12-,15-13+,21-17+,33-19-/t31-,32-,34?,35-,36-,37-/m0/s1. The highest BCUT2D eigenvalue weighted by atomic mass is 16.6. The Kier molecular flexibility index (Phi) is 28.5. The maximum atomic E-state index is 14.2. The molecule has 68 heavy (non-hydrogen) atoms. The van der Waals surface area contributed by atoms with E-state index in [1.807, 2.05) is 26.0 Å². The van der Waals surface area contributed by atoms with Crippen molar-refractivity contribution < 1.29 is 57.4 Å². The van der Waals surface area contributed by atoms with Crippen molar-refractivity contribution >= 4 is 53.5 Å². The van der Waals surface area contributed by atoms with E-state index in [0.29, 0.717) is 18.8 Å². The number of primary amides is 2. The Morgan fingerprint density at radius 1 is 0.868 bits per heavy atom. The Balaban J connectivity index is 3.65. The fourth-order valence-corrected chi connectivity index (χ4v) is 6.51. The first kappa shape index (κ1) is 59.8. The lowest BCUT2D eigenvalue weighted by Crippen LogP contribution is -2.56. The Bertz CT molecular complexity index is 1810. The first-order valence-corrected chi connectivity index (χ1v) is 23.3. The lowest BCUT2D eigenvalue weighted by molar-refractivity contribution is -0.178. The molecule has 9 amide bonds. The van der Waals surface area contributed by atoms with Crippen LogP contribution in [-0.4, -0.2) is 117 Å². The molecule has 21 heteroatoms. The second-order valence-corrected chi connectivity index (χ2v) is 17.4. The number of allylic oxidation sites excluding steroid dienone is 6. The fraction of sp³-hybridized carbons (Fsp3) is 0.638. The number of hydrogen-bond acceptors (Lipinski definition) is 12. The average Bonchev–Trinajstić information content (AvgIpc) is 3.28. The van der Waals surface area contributed by atoms with Gasteiger partial charge < -0.3 is 62.9 Å². The molecule has 1 aliphatic rings. The van der Waals surface area contributed by atoms with Gasteiger partial charge in [0.15, 0.2) is 0 Å². The number of rotatable bonds is 19. The molecule has 0 saturated carbocycles. The largest absolute Gasteiger partial charge is 0.462 e. The molecule has 0 bridgehead atoms. The number of methoxy groups -OCH3 is 1. The molecule has 11 N–H and O–H groups in total. The fourth-order valence-electron chi connectivity index (χ4n) is 6.51. The van der Waals surface area contributed by atoms with E-state index in [2.05, 4.69) is 63.2 Å². The average molecular weight is 960 g/mol. The van der Waals surface area contributed by atoms with Crippen molar-refractivity contribution in [2.24, 2.45) is 28.7 Å². The third-order valence-corrected chi connectivity index (χ3v) is 10.9. The lowest BCUT2D eigenvalue weighted by atomic mass is 9.83. The summed E-state index contributed by atoms with van der Waals surface area (Å²) in [6.45, 7) is 11.0. The molecule has 1 saturated heterocycles. The molecular weight excluding hydrogens is 883 g/mol. The van der Waals surface area contributed by atoms with E-state index in [-0.39, 0.29) is 50.3 Å². The van der Waals surface area contributed by atoms with Gasteiger partial charge in [-0.15, -0.1) is 0 Å². The predicted molar refractivity (Wildman–Crippen MR) is 255 cm³/mol. The van der Waals surface area contributed by atoms with Crippen molar-refractivity contribution in [2.45, 2.75) is 143 Å². The smallest absolute Gasteiger partial charge is 0.325 e. The number of amides is 9. The second-order valence-electron chi connectivity index (χ2n) is 17.4. The zero-order valence-corrected chi connectivity index (χ0v) is 41.0. The summed E-state index contributed by atoms with van der Waals surface area (Å²) < 4.78 is 17.7. The zero-order valence-electron chi connectivity index (χ0n) is 41.0. The molecule has 0 aromatic carbocycles. The van der Waals surface area contributed by atoms with Gasteiger partial charge in [0.05, 0.1) is 18.1 Å².